The van der Waals surface area contributed by atoms with Gasteiger partial charge in [0, 0.05) is 19.6 Å². The van der Waals surface area contributed by atoms with E-state index in [2.05, 4.69) is 4.98 Å². The number of nitrogens with zero attached hydrogens (tertiary/aromatic N) is 1. The molecule has 17 heavy (non-hydrogen) atoms. The molecule has 0 aliphatic heterocycles. The average molecular weight is 240 g/mol. The second kappa shape index (κ2) is 5.72. The van der Waals surface area contributed by atoms with Gasteiger partial charge in [0.1, 0.15) is 0 Å². The van der Waals surface area contributed by atoms with Gasteiger partial charge >= 0.3 is 0 Å². The van der Waals surface area contributed by atoms with Crippen LogP contribution in [0.2, 0.25) is 0 Å². The lowest BCUT2D eigenvalue weighted by atomic mass is 10.1. The Balaban J connectivity index is 2.53. The number of rotatable bonds is 6. The van der Waals surface area contributed by atoms with E-state index in [1.807, 2.05) is 13.8 Å². The van der Waals surface area contributed by atoms with Gasteiger partial charge in [0.05, 0.1) is 25.0 Å². The van der Waals surface area contributed by atoms with Gasteiger partial charge in [0.2, 0.25) is 11.8 Å². The molecule has 1 aromatic rings. The van der Waals surface area contributed by atoms with Crippen LogP contribution in [0.15, 0.2) is 12.1 Å². The Morgan fingerprint density at radius 2 is 2.00 bits per heavy atom. The Hall–Kier alpha value is -1.49. The number of hydrogen-bond acceptors (Lipinski definition) is 5. The fraction of sp³-hybridized carbons (Fsp3) is 0.583. The average Bonchev–Trinajstić information content (AvgIpc) is 2.31. The van der Waals surface area contributed by atoms with Crippen LogP contribution < -0.4 is 15.2 Å². The molecule has 0 atom stereocenters. The molecular weight excluding hydrogens is 220 g/mol. The fourth-order valence-electron chi connectivity index (χ4n) is 1.18. The van der Waals surface area contributed by atoms with E-state index in [0.717, 1.165) is 6.42 Å². The highest BCUT2D eigenvalue weighted by atomic mass is 16.5. The Kier molecular flexibility index (Phi) is 4.57. The van der Waals surface area contributed by atoms with Gasteiger partial charge in [-0.15, -0.1) is 0 Å². The van der Waals surface area contributed by atoms with E-state index in [1.165, 1.54) is 7.11 Å². The molecule has 0 spiro atoms. The number of pyridine rings is 1. The molecule has 5 heteroatoms. The van der Waals surface area contributed by atoms with Crippen LogP contribution in [0.25, 0.3) is 0 Å². The van der Waals surface area contributed by atoms with Crippen molar-refractivity contribution in [1.82, 2.24) is 4.98 Å². The van der Waals surface area contributed by atoms with Crippen LogP contribution in [0.4, 0.5) is 5.69 Å². The summed E-state index contributed by atoms with van der Waals surface area (Å²) in [6.45, 7) is 4.54. The first-order valence-electron chi connectivity index (χ1n) is 5.47. The van der Waals surface area contributed by atoms with Crippen LogP contribution in [-0.4, -0.2) is 31.4 Å². The minimum Gasteiger partial charge on any atom is -0.479 e. The molecule has 5 nitrogen and oxygen atoms in total. The van der Waals surface area contributed by atoms with E-state index in [9.17, 15) is 0 Å². The molecule has 0 aliphatic carbocycles. The first-order chi connectivity index (χ1) is 7.98. The van der Waals surface area contributed by atoms with E-state index in [1.54, 1.807) is 19.2 Å². The van der Waals surface area contributed by atoms with Crippen LogP contribution in [0, 0.1) is 0 Å². The summed E-state index contributed by atoms with van der Waals surface area (Å²) in [4.78, 5) is 4.13. The van der Waals surface area contributed by atoms with Crippen molar-refractivity contribution in [1.29, 1.82) is 0 Å². The summed E-state index contributed by atoms with van der Waals surface area (Å²) in [6, 6.07) is 3.43. The van der Waals surface area contributed by atoms with Gasteiger partial charge in [-0.2, -0.15) is 4.98 Å². The molecule has 1 heterocycles. The molecule has 0 saturated carbocycles. The normalized spacial score (nSPS) is 11.3. The number of nitrogens with two attached hydrogens (primary N) is 1. The van der Waals surface area contributed by atoms with Gasteiger partial charge in [-0.25, -0.2) is 0 Å². The molecule has 0 fully saturated rings. The number of aromatic nitrogens is 1. The van der Waals surface area contributed by atoms with E-state index in [0.29, 0.717) is 24.1 Å². The van der Waals surface area contributed by atoms with Gasteiger partial charge in [-0.1, -0.05) is 0 Å². The van der Waals surface area contributed by atoms with Crippen molar-refractivity contribution >= 4 is 5.69 Å². The van der Waals surface area contributed by atoms with Crippen molar-refractivity contribution in [3.63, 3.8) is 0 Å². The summed E-state index contributed by atoms with van der Waals surface area (Å²) >= 11 is 0. The third kappa shape index (κ3) is 4.11. The lowest BCUT2D eigenvalue weighted by Crippen LogP contribution is -2.25. The maximum absolute atomic E-state index is 5.66. The summed E-state index contributed by atoms with van der Waals surface area (Å²) < 4.78 is 15.8. The first kappa shape index (κ1) is 13.6. The highest BCUT2D eigenvalue weighted by Crippen LogP contribution is 2.22. The van der Waals surface area contributed by atoms with Gasteiger partial charge in [-0.3, -0.25) is 0 Å². The highest BCUT2D eigenvalue weighted by molar-refractivity contribution is 5.49. The van der Waals surface area contributed by atoms with Crippen molar-refractivity contribution in [3.8, 4) is 11.8 Å². The summed E-state index contributed by atoms with van der Waals surface area (Å²) in [7, 11) is 3.21. The van der Waals surface area contributed by atoms with E-state index in [-0.39, 0.29) is 5.60 Å². The zero-order valence-electron chi connectivity index (χ0n) is 10.8. The van der Waals surface area contributed by atoms with E-state index < -0.39 is 0 Å². The Labute approximate surface area is 102 Å². The van der Waals surface area contributed by atoms with Crippen LogP contribution in [0.5, 0.6) is 11.8 Å². The van der Waals surface area contributed by atoms with Crippen molar-refractivity contribution in [3.05, 3.63) is 12.1 Å². The topological polar surface area (TPSA) is 66.6 Å². The minimum absolute atomic E-state index is 0.197. The second-order valence-corrected chi connectivity index (χ2v) is 4.31. The first-order valence-corrected chi connectivity index (χ1v) is 5.47. The molecule has 0 unspecified atom stereocenters. The van der Waals surface area contributed by atoms with Crippen molar-refractivity contribution in [2.24, 2.45) is 0 Å². The monoisotopic (exact) mass is 240 g/mol. The molecule has 0 bridgehead atoms. The maximum atomic E-state index is 5.66. The largest absolute Gasteiger partial charge is 0.479 e. The summed E-state index contributed by atoms with van der Waals surface area (Å²) in [5.74, 6) is 0.886. The molecule has 1 rings (SSSR count). The Morgan fingerprint density at radius 3 is 2.59 bits per heavy atom. The molecule has 0 amide bonds. The van der Waals surface area contributed by atoms with Crippen molar-refractivity contribution in [2.45, 2.75) is 25.9 Å². The quantitative estimate of drug-likeness (QED) is 0.822. The third-order valence-corrected chi connectivity index (χ3v) is 2.56. The van der Waals surface area contributed by atoms with E-state index in [4.69, 9.17) is 19.9 Å². The zero-order chi connectivity index (χ0) is 12.9. The summed E-state index contributed by atoms with van der Waals surface area (Å²) in [5, 5.41) is 0. The zero-order valence-corrected chi connectivity index (χ0v) is 10.8. The van der Waals surface area contributed by atoms with Gasteiger partial charge < -0.3 is 19.9 Å². The van der Waals surface area contributed by atoms with Crippen LogP contribution in [-0.2, 0) is 4.74 Å². The highest BCUT2D eigenvalue weighted by Gasteiger charge is 2.16. The summed E-state index contributed by atoms with van der Waals surface area (Å²) in [5.41, 5.74) is 5.96. The third-order valence-electron chi connectivity index (χ3n) is 2.56. The van der Waals surface area contributed by atoms with E-state index >= 15 is 0 Å². The number of ether oxygens (including phenoxy) is 3. The number of methoxy groups -OCH3 is 2. The molecule has 96 valence electrons. The Morgan fingerprint density at radius 1 is 1.29 bits per heavy atom. The van der Waals surface area contributed by atoms with Crippen LogP contribution >= 0.6 is 0 Å². The molecule has 0 radical (unpaired) electrons. The van der Waals surface area contributed by atoms with Crippen molar-refractivity contribution < 1.29 is 14.2 Å². The molecule has 2 N–H and O–H groups in total. The number of nitrogen functional groups attached to an aromatic ring is 1. The Bertz CT molecular complexity index is 367. The molecule has 0 aromatic carbocycles. The van der Waals surface area contributed by atoms with Gasteiger partial charge in [0.15, 0.2) is 0 Å². The lowest BCUT2D eigenvalue weighted by molar-refractivity contribution is 0.00506. The number of anilines is 1. The SMILES string of the molecule is COc1nc(OCCC(C)(C)OC)ccc1N. The van der Waals surface area contributed by atoms with Crippen LogP contribution in [0.3, 0.4) is 0 Å². The predicted octanol–water partition coefficient (Wildman–Crippen LogP) is 1.87. The van der Waals surface area contributed by atoms with Crippen LogP contribution in [0.1, 0.15) is 20.3 Å². The standard InChI is InChI=1S/C12H20N2O3/c1-12(2,16-4)7-8-17-10-6-5-9(13)11(14-10)15-3/h5-6H,7-8,13H2,1-4H3. The summed E-state index contributed by atoms with van der Waals surface area (Å²) in [6.07, 6.45) is 0.776. The van der Waals surface area contributed by atoms with Gasteiger partial charge in [-0.05, 0) is 19.9 Å². The maximum Gasteiger partial charge on any atom is 0.240 e. The molecule has 0 saturated heterocycles. The molecule has 0 aliphatic rings. The van der Waals surface area contributed by atoms with Gasteiger partial charge in [0.25, 0.3) is 0 Å². The smallest absolute Gasteiger partial charge is 0.240 e. The minimum atomic E-state index is -0.197. The predicted molar refractivity (Wildman–Crippen MR) is 66.4 cm³/mol. The lowest BCUT2D eigenvalue weighted by Gasteiger charge is -2.22. The number of hydrogen-bond donors (Lipinski definition) is 1. The van der Waals surface area contributed by atoms with Crippen molar-refractivity contribution in [2.75, 3.05) is 26.6 Å². The second-order valence-electron chi connectivity index (χ2n) is 4.31. The molecule has 1 aromatic heterocycles. The molecular formula is C12H20N2O3. The fourth-order valence-corrected chi connectivity index (χ4v) is 1.18.